The maximum Gasteiger partial charge on any atom is 0.224 e. The molecule has 0 aliphatic heterocycles. The molecule has 1 aromatic rings. The van der Waals surface area contributed by atoms with Crippen molar-refractivity contribution >= 4 is 11.6 Å². The highest BCUT2D eigenvalue weighted by atomic mass is 16.2. The van der Waals surface area contributed by atoms with E-state index < -0.39 is 0 Å². The van der Waals surface area contributed by atoms with Crippen LogP contribution in [0, 0.1) is 17.8 Å². The van der Waals surface area contributed by atoms with Gasteiger partial charge >= 0.3 is 0 Å². The fourth-order valence-electron chi connectivity index (χ4n) is 2.51. The highest BCUT2D eigenvalue weighted by Gasteiger charge is 2.18. The summed E-state index contributed by atoms with van der Waals surface area (Å²) in [5.41, 5.74) is 1.47. The molecule has 2 rings (SSSR count). The molecule has 19 heavy (non-hydrogen) atoms. The fraction of sp³-hybridized carbons (Fsp3) is 0.438. The largest absolute Gasteiger partial charge is 0.384 e. The summed E-state index contributed by atoms with van der Waals surface area (Å²) in [5, 5.41) is 11.7. The van der Waals surface area contributed by atoms with Crippen molar-refractivity contribution in [2.45, 2.75) is 32.1 Å². The number of para-hydroxylation sites is 1. The summed E-state index contributed by atoms with van der Waals surface area (Å²) in [6.45, 7) is -0.176. The van der Waals surface area contributed by atoms with E-state index >= 15 is 0 Å². The van der Waals surface area contributed by atoms with Gasteiger partial charge in [-0.1, -0.05) is 36.8 Å². The summed E-state index contributed by atoms with van der Waals surface area (Å²) >= 11 is 0. The molecule has 0 spiro atoms. The van der Waals surface area contributed by atoms with Gasteiger partial charge in [0.15, 0.2) is 0 Å². The molecule has 1 aliphatic rings. The second-order valence-electron chi connectivity index (χ2n) is 4.91. The summed E-state index contributed by atoms with van der Waals surface area (Å²) in [5.74, 6) is 6.05. The Bertz CT molecular complexity index is 493. The molecular formula is C16H19NO2. The number of aliphatic hydroxyl groups is 1. The molecule has 1 aliphatic carbocycles. The van der Waals surface area contributed by atoms with E-state index in [0.717, 1.165) is 11.3 Å². The zero-order chi connectivity index (χ0) is 13.5. The van der Waals surface area contributed by atoms with Crippen LogP contribution in [-0.4, -0.2) is 17.6 Å². The van der Waals surface area contributed by atoms with Crippen LogP contribution >= 0.6 is 0 Å². The number of benzene rings is 1. The van der Waals surface area contributed by atoms with Crippen molar-refractivity contribution in [1.29, 1.82) is 0 Å². The summed E-state index contributed by atoms with van der Waals surface area (Å²) in [6, 6.07) is 7.42. The van der Waals surface area contributed by atoms with Gasteiger partial charge in [-0.05, 0) is 30.9 Å². The van der Waals surface area contributed by atoms with Crippen molar-refractivity contribution in [3.8, 4) is 11.8 Å². The highest BCUT2D eigenvalue weighted by Crippen LogP contribution is 2.28. The van der Waals surface area contributed by atoms with E-state index in [0.29, 0.717) is 12.3 Å². The van der Waals surface area contributed by atoms with E-state index in [1.54, 1.807) is 0 Å². The molecule has 1 aromatic carbocycles. The Kier molecular flexibility index (Phi) is 5.00. The number of amides is 1. The van der Waals surface area contributed by atoms with Crippen LogP contribution in [-0.2, 0) is 4.79 Å². The van der Waals surface area contributed by atoms with Crippen LogP contribution in [0.3, 0.4) is 0 Å². The molecule has 3 nitrogen and oxygen atoms in total. The molecular weight excluding hydrogens is 238 g/mol. The molecule has 0 saturated heterocycles. The van der Waals surface area contributed by atoms with Crippen molar-refractivity contribution in [3.63, 3.8) is 0 Å². The maximum absolute atomic E-state index is 12.0. The first-order valence-corrected chi connectivity index (χ1v) is 6.78. The second kappa shape index (κ2) is 6.96. The van der Waals surface area contributed by atoms with E-state index in [1.165, 1.54) is 25.7 Å². The second-order valence-corrected chi connectivity index (χ2v) is 4.91. The Labute approximate surface area is 114 Å². The molecule has 0 bridgehead atoms. The Hall–Kier alpha value is -1.79. The van der Waals surface area contributed by atoms with Gasteiger partial charge in [-0.25, -0.2) is 0 Å². The van der Waals surface area contributed by atoms with E-state index in [-0.39, 0.29) is 12.5 Å². The minimum absolute atomic E-state index is 0.0603. The van der Waals surface area contributed by atoms with E-state index in [1.807, 2.05) is 24.3 Å². The monoisotopic (exact) mass is 257 g/mol. The molecule has 0 heterocycles. The minimum Gasteiger partial charge on any atom is -0.384 e. The molecule has 0 atom stereocenters. The molecule has 100 valence electrons. The van der Waals surface area contributed by atoms with Crippen LogP contribution < -0.4 is 5.32 Å². The summed E-state index contributed by atoms with van der Waals surface area (Å²) < 4.78 is 0. The van der Waals surface area contributed by atoms with Crippen LogP contribution in [0.25, 0.3) is 0 Å². The standard InChI is InChI=1S/C16H19NO2/c18-11-5-9-14-8-3-4-10-15(14)17-16(19)12-13-6-1-2-7-13/h3-4,8,10,13,18H,1-2,6-7,11-12H2,(H,17,19). The number of anilines is 1. The number of carbonyl (C=O) groups excluding carboxylic acids is 1. The fourth-order valence-corrected chi connectivity index (χ4v) is 2.51. The van der Waals surface area contributed by atoms with Gasteiger partial charge in [0.05, 0.1) is 5.69 Å². The van der Waals surface area contributed by atoms with E-state index in [4.69, 9.17) is 5.11 Å². The number of nitrogens with one attached hydrogen (secondary N) is 1. The van der Waals surface area contributed by atoms with Crippen LogP contribution in [0.5, 0.6) is 0 Å². The molecule has 3 heteroatoms. The lowest BCUT2D eigenvalue weighted by Gasteiger charge is -2.10. The third-order valence-corrected chi connectivity index (χ3v) is 3.45. The van der Waals surface area contributed by atoms with Crippen LogP contribution in [0.2, 0.25) is 0 Å². The van der Waals surface area contributed by atoms with Crippen LogP contribution in [0.1, 0.15) is 37.7 Å². The van der Waals surface area contributed by atoms with Gasteiger partial charge in [0, 0.05) is 12.0 Å². The van der Waals surface area contributed by atoms with Crippen molar-refractivity contribution in [1.82, 2.24) is 0 Å². The Balaban J connectivity index is 1.99. The molecule has 0 aromatic heterocycles. The first kappa shape index (κ1) is 13.6. The topological polar surface area (TPSA) is 49.3 Å². The number of carbonyl (C=O) groups is 1. The molecule has 0 unspecified atom stereocenters. The number of hydrogen-bond donors (Lipinski definition) is 2. The smallest absolute Gasteiger partial charge is 0.224 e. The van der Waals surface area contributed by atoms with Gasteiger partial charge in [0.25, 0.3) is 0 Å². The summed E-state index contributed by atoms with van der Waals surface area (Å²) in [6.07, 6.45) is 5.42. The Morgan fingerprint density at radius 2 is 2.05 bits per heavy atom. The predicted octanol–water partition coefficient (Wildman–Crippen LogP) is 2.55. The van der Waals surface area contributed by atoms with Gasteiger partial charge in [0.1, 0.15) is 6.61 Å². The van der Waals surface area contributed by atoms with Crippen molar-refractivity contribution in [2.75, 3.05) is 11.9 Å². The summed E-state index contributed by atoms with van der Waals surface area (Å²) in [7, 11) is 0. The zero-order valence-electron chi connectivity index (χ0n) is 11.0. The van der Waals surface area contributed by atoms with Crippen molar-refractivity contribution in [3.05, 3.63) is 29.8 Å². The SMILES string of the molecule is O=C(CC1CCCC1)Nc1ccccc1C#CCO. The Morgan fingerprint density at radius 1 is 1.32 bits per heavy atom. The quantitative estimate of drug-likeness (QED) is 0.818. The third-order valence-electron chi connectivity index (χ3n) is 3.45. The molecule has 1 saturated carbocycles. The third kappa shape index (κ3) is 4.11. The maximum atomic E-state index is 12.0. The Morgan fingerprint density at radius 3 is 2.79 bits per heavy atom. The van der Waals surface area contributed by atoms with Crippen molar-refractivity contribution < 1.29 is 9.90 Å². The van der Waals surface area contributed by atoms with Gasteiger partial charge in [-0.3, -0.25) is 4.79 Å². The minimum atomic E-state index is -0.176. The van der Waals surface area contributed by atoms with Crippen LogP contribution in [0.15, 0.2) is 24.3 Å². The van der Waals surface area contributed by atoms with Crippen molar-refractivity contribution in [2.24, 2.45) is 5.92 Å². The number of rotatable bonds is 3. The van der Waals surface area contributed by atoms with Gasteiger partial charge < -0.3 is 10.4 Å². The van der Waals surface area contributed by atoms with E-state index in [2.05, 4.69) is 17.2 Å². The van der Waals surface area contributed by atoms with E-state index in [9.17, 15) is 4.79 Å². The average Bonchev–Trinajstić information content (AvgIpc) is 2.90. The lowest BCUT2D eigenvalue weighted by Crippen LogP contribution is -2.15. The normalized spacial score (nSPS) is 14.8. The molecule has 1 amide bonds. The molecule has 1 fully saturated rings. The van der Waals surface area contributed by atoms with Crippen LogP contribution in [0.4, 0.5) is 5.69 Å². The van der Waals surface area contributed by atoms with Gasteiger partial charge in [-0.15, -0.1) is 0 Å². The molecule has 0 radical (unpaired) electrons. The number of aliphatic hydroxyl groups excluding tert-OH is 1. The van der Waals surface area contributed by atoms with Gasteiger partial charge in [0.2, 0.25) is 5.91 Å². The average molecular weight is 257 g/mol. The molecule has 2 N–H and O–H groups in total. The predicted molar refractivity (Wildman–Crippen MR) is 75.6 cm³/mol. The lowest BCUT2D eigenvalue weighted by atomic mass is 10.0. The summed E-state index contributed by atoms with van der Waals surface area (Å²) in [4.78, 5) is 12.0. The first-order chi connectivity index (χ1) is 9.29. The lowest BCUT2D eigenvalue weighted by molar-refractivity contribution is -0.117. The highest BCUT2D eigenvalue weighted by molar-refractivity contribution is 5.92. The van der Waals surface area contributed by atoms with Gasteiger partial charge in [-0.2, -0.15) is 0 Å². The zero-order valence-corrected chi connectivity index (χ0v) is 11.0. The number of hydrogen-bond acceptors (Lipinski definition) is 2. The first-order valence-electron chi connectivity index (χ1n) is 6.78.